The molecule has 17 heavy (non-hydrogen) atoms. The number of esters is 1. The van der Waals surface area contributed by atoms with E-state index in [-0.39, 0.29) is 17.1 Å². The number of carbonyl (C=O) groups excluding carboxylic acids is 1. The van der Waals surface area contributed by atoms with E-state index in [9.17, 15) is 4.79 Å². The Hall–Kier alpha value is 0.103. The van der Waals surface area contributed by atoms with Gasteiger partial charge in [-0.3, -0.25) is 0 Å². The quantitative estimate of drug-likeness (QED) is 0.591. The third-order valence-electron chi connectivity index (χ3n) is 2.27. The first-order chi connectivity index (χ1) is 7.95. The van der Waals surface area contributed by atoms with Crippen LogP contribution in [0.25, 0.3) is 0 Å². The van der Waals surface area contributed by atoms with Gasteiger partial charge in [-0.1, -0.05) is 0 Å². The second-order valence-electron chi connectivity index (χ2n) is 3.51. The maximum absolute atomic E-state index is 11.5. The van der Waals surface area contributed by atoms with E-state index in [0.717, 1.165) is 5.56 Å². The Bertz CT molecular complexity index is 365. The zero-order chi connectivity index (χ0) is 12.9. The van der Waals surface area contributed by atoms with Crippen LogP contribution in [0.2, 0.25) is 0 Å². The molecule has 6 heteroatoms. The second-order valence-corrected chi connectivity index (χ2v) is 19.6. The van der Waals surface area contributed by atoms with Crippen molar-refractivity contribution >= 4 is 46.5 Å². The van der Waals surface area contributed by atoms with E-state index in [0.29, 0.717) is 6.61 Å². The van der Waals surface area contributed by atoms with Crippen molar-refractivity contribution in [3.05, 3.63) is 35.9 Å². The Morgan fingerprint density at radius 2 is 1.88 bits per heavy atom. The topological polar surface area (TPSA) is 26.3 Å². The molecule has 2 nitrogen and oxygen atoms in total. The van der Waals surface area contributed by atoms with Gasteiger partial charge in [-0.2, -0.15) is 0 Å². The fourth-order valence-electron chi connectivity index (χ4n) is 1.49. The van der Waals surface area contributed by atoms with Crippen LogP contribution in [0.4, 0.5) is 0 Å². The number of carbonyl (C=O) groups is 1. The minimum atomic E-state index is -3.52. The van der Waals surface area contributed by atoms with Crippen molar-refractivity contribution in [1.29, 1.82) is 0 Å². The SMILES string of the molecule is CCOC(=O)C[CH](c1ccccc1)[Ge]([Cl])([Cl])[Cl]. The monoisotopic (exact) mass is 356 g/mol. The average Bonchev–Trinajstić information content (AvgIpc) is 2.26. The molecular weight excluding hydrogens is 343 g/mol. The molecule has 0 spiro atoms. The van der Waals surface area contributed by atoms with Crippen LogP contribution in [0.5, 0.6) is 0 Å². The summed E-state index contributed by atoms with van der Waals surface area (Å²) in [5.74, 6) is -0.321. The first-order valence-electron chi connectivity index (χ1n) is 5.22. The Morgan fingerprint density at radius 1 is 1.29 bits per heavy atom. The van der Waals surface area contributed by atoms with Gasteiger partial charge in [-0.25, -0.2) is 0 Å². The van der Waals surface area contributed by atoms with E-state index < -0.39 is 10.5 Å². The molecule has 0 aromatic heterocycles. The molecule has 1 atom stereocenters. The molecule has 1 unspecified atom stereocenters. The number of halogens is 3. The van der Waals surface area contributed by atoms with Gasteiger partial charge in [0, 0.05) is 0 Å². The molecule has 1 aromatic carbocycles. The fourth-order valence-corrected chi connectivity index (χ4v) is 6.69. The molecule has 0 aliphatic carbocycles. The van der Waals surface area contributed by atoms with Crippen LogP contribution in [0.15, 0.2) is 30.3 Å². The summed E-state index contributed by atoms with van der Waals surface area (Å²) in [4.78, 5) is 11.5. The van der Waals surface area contributed by atoms with Crippen molar-refractivity contribution in [2.75, 3.05) is 6.61 Å². The molecule has 0 amide bonds. The van der Waals surface area contributed by atoms with Crippen molar-refractivity contribution in [3.8, 4) is 0 Å². The summed E-state index contributed by atoms with van der Waals surface area (Å²) in [7, 11) is 14.7. The summed E-state index contributed by atoms with van der Waals surface area (Å²) in [6.45, 7) is 2.10. The number of hydrogen-bond acceptors (Lipinski definition) is 2. The van der Waals surface area contributed by atoms with Gasteiger partial charge >= 0.3 is 117 Å². The third kappa shape index (κ3) is 5.08. The first-order valence-corrected chi connectivity index (χ1v) is 14.7. The molecule has 1 aromatic rings. The molecule has 0 aliphatic rings. The molecule has 0 saturated heterocycles. The normalized spacial score (nSPS) is 13.2. The van der Waals surface area contributed by atoms with Gasteiger partial charge in [0.05, 0.1) is 0 Å². The standard InChI is InChI=1S/C11H13Cl3GeO2/c1-2-17-11(16)8-10(15(12,13)14)9-6-4-3-5-7-9/h3-7,10H,2,8H2,1H3. The zero-order valence-corrected chi connectivity index (χ0v) is 13.7. The van der Waals surface area contributed by atoms with Crippen LogP contribution in [-0.4, -0.2) is 23.1 Å². The van der Waals surface area contributed by atoms with Gasteiger partial charge in [0.25, 0.3) is 0 Å². The van der Waals surface area contributed by atoms with Crippen LogP contribution in [-0.2, 0) is 9.53 Å². The second kappa shape index (κ2) is 6.88. The molecule has 1 rings (SSSR count). The van der Waals surface area contributed by atoms with E-state index in [4.69, 9.17) is 34.8 Å². The Balaban J connectivity index is 2.87. The van der Waals surface area contributed by atoms with Crippen molar-refractivity contribution in [2.24, 2.45) is 0 Å². The molecule has 0 aliphatic heterocycles. The maximum atomic E-state index is 11.5. The van der Waals surface area contributed by atoms with Crippen LogP contribution >= 0.6 is 30.0 Å². The first kappa shape index (κ1) is 15.2. The van der Waals surface area contributed by atoms with E-state index >= 15 is 0 Å². The molecule has 94 valence electrons. The van der Waals surface area contributed by atoms with Gasteiger partial charge in [0.1, 0.15) is 0 Å². The van der Waals surface area contributed by atoms with Crippen LogP contribution in [0, 0.1) is 0 Å². The predicted octanol–water partition coefficient (Wildman–Crippen LogP) is 3.92. The Kier molecular flexibility index (Phi) is 6.14. The van der Waals surface area contributed by atoms with Crippen LogP contribution in [0.1, 0.15) is 23.7 Å². The summed E-state index contributed by atoms with van der Waals surface area (Å²) >= 11 is 0. The van der Waals surface area contributed by atoms with Crippen molar-refractivity contribution in [3.63, 3.8) is 0 Å². The number of hydrogen-bond donors (Lipinski definition) is 0. The molecule has 0 radical (unpaired) electrons. The molecule has 0 bridgehead atoms. The molecule has 0 heterocycles. The van der Waals surface area contributed by atoms with Gasteiger partial charge in [0.15, 0.2) is 0 Å². The van der Waals surface area contributed by atoms with E-state index in [1.165, 1.54) is 0 Å². The number of ether oxygens (including phenoxy) is 1. The average molecular weight is 356 g/mol. The van der Waals surface area contributed by atoms with E-state index in [2.05, 4.69) is 0 Å². The van der Waals surface area contributed by atoms with Crippen molar-refractivity contribution in [1.82, 2.24) is 0 Å². The molecule has 0 N–H and O–H groups in total. The predicted molar refractivity (Wildman–Crippen MR) is 73.7 cm³/mol. The fraction of sp³-hybridized carbons (Fsp3) is 0.364. The number of benzene rings is 1. The van der Waals surface area contributed by atoms with Gasteiger partial charge < -0.3 is 0 Å². The van der Waals surface area contributed by atoms with E-state index in [1.807, 2.05) is 30.3 Å². The Labute approximate surface area is 116 Å². The summed E-state index contributed by atoms with van der Waals surface area (Å²) < 4.78 is 4.58. The van der Waals surface area contributed by atoms with Gasteiger partial charge in [-0.15, -0.1) is 0 Å². The molecular formula is C11H13Cl3GeO2. The summed E-state index contributed by atoms with van der Waals surface area (Å²) in [6, 6.07) is 9.36. The van der Waals surface area contributed by atoms with Crippen molar-refractivity contribution in [2.45, 2.75) is 18.1 Å². The molecule has 0 saturated carbocycles. The minimum absolute atomic E-state index is 0.133. The number of rotatable bonds is 5. The van der Waals surface area contributed by atoms with E-state index in [1.54, 1.807) is 6.92 Å². The van der Waals surface area contributed by atoms with Crippen molar-refractivity contribution < 1.29 is 9.53 Å². The van der Waals surface area contributed by atoms with Gasteiger partial charge in [0.2, 0.25) is 0 Å². The summed E-state index contributed by atoms with van der Waals surface area (Å²) in [5.41, 5.74) is 0.889. The summed E-state index contributed by atoms with van der Waals surface area (Å²) in [5, 5.41) is 0. The third-order valence-corrected chi connectivity index (χ3v) is 9.16. The van der Waals surface area contributed by atoms with Crippen LogP contribution < -0.4 is 0 Å². The molecule has 0 fully saturated rings. The Morgan fingerprint density at radius 3 is 2.35 bits per heavy atom. The summed E-state index contributed by atoms with van der Waals surface area (Å²) in [6.07, 6.45) is 0.133. The zero-order valence-electron chi connectivity index (χ0n) is 9.33. The van der Waals surface area contributed by atoms with Crippen LogP contribution in [0.3, 0.4) is 0 Å². The van der Waals surface area contributed by atoms with Gasteiger partial charge in [-0.05, 0) is 0 Å².